The van der Waals surface area contributed by atoms with E-state index in [0.29, 0.717) is 28.5 Å². The van der Waals surface area contributed by atoms with E-state index in [1.807, 2.05) is 31.3 Å². The molecule has 33 heavy (non-hydrogen) atoms. The summed E-state index contributed by atoms with van der Waals surface area (Å²) < 4.78 is 13.5. The molecule has 0 amide bonds. The SMILES string of the molecule is Cc1cc(-c2ccc3[nH]c(C4CCOCC4)nc3c2Oc2ccc(C#N)cc2)cn(C)c1=O. The molecule has 0 saturated carbocycles. The third-order valence-corrected chi connectivity index (χ3v) is 6.11. The van der Waals surface area contributed by atoms with Gasteiger partial charge in [-0.25, -0.2) is 4.98 Å². The summed E-state index contributed by atoms with van der Waals surface area (Å²) in [5.74, 6) is 2.48. The minimum atomic E-state index is -0.0315. The number of hydrogen-bond donors (Lipinski definition) is 1. The molecular formula is C26H24N4O3. The molecule has 1 saturated heterocycles. The molecule has 0 spiro atoms. The van der Waals surface area contributed by atoms with Crippen molar-refractivity contribution in [1.82, 2.24) is 14.5 Å². The van der Waals surface area contributed by atoms with Gasteiger partial charge in [0, 0.05) is 49.1 Å². The van der Waals surface area contributed by atoms with Gasteiger partial charge >= 0.3 is 0 Å². The highest BCUT2D eigenvalue weighted by Crippen LogP contribution is 2.40. The quantitative estimate of drug-likeness (QED) is 0.492. The Hall–Kier alpha value is -3.89. The molecule has 0 bridgehead atoms. The second-order valence-electron chi connectivity index (χ2n) is 8.41. The van der Waals surface area contributed by atoms with Crippen LogP contribution in [-0.4, -0.2) is 27.7 Å². The van der Waals surface area contributed by atoms with E-state index in [2.05, 4.69) is 11.1 Å². The fourth-order valence-electron chi connectivity index (χ4n) is 4.30. The van der Waals surface area contributed by atoms with E-state index in [-0.39, 0.29) is 5.56 Å². The molecule has 3 heterocycles. The zero-order valence-electron chi connectivity index (χ0n) is 18.6. The maximum Gasteiger partial charge on any atom is 0.253 e. The number of fused-ring (bicyclic) bond motifs is 1. The van der Waals surface area contributed by atoms with Crippen LogP contribution in [0.5, 0.6) is 11.5 Å². The van der Waals surface area contributed by atoms with Crippen LogP contribution in [-0.2, 0) is 11.8 Å². The number of rotatable bonds is 4. The normalized spacial score (nSPS) is 14.3. The number of aryl methyl sites for hydroxylation is 2. The molecule has 0 unspecified atom stereocenters. The van der Waals surface area contributed by atoms with Crippen molar-refractivity contribution in [2.45, 2.75) is 25.7 Å². The van der Waals surface area contributed by atoms with Crippen molar-refractivity contribution in [1.29, 1.82) is 5.26 Å². The van der Waals surface area contributed by atoms with E-state index in [0.717, 1.165) is 54.0 Å². The van der Waals surface area contributed by atoms with Crippen LogP contribution < -0.4 is 10.3 Å². The Morgan fingerprint density at radius 3 is 2.64 bits per heavy atom. The number of aromatic amines is 1. The molecule has 4 aromatic rings. The first-order valence-electron chi connectivity index (χ1n) is 11.0. The third-order valence-electron chi connectivity index (χ3n) is 6.11. The fourth-order valence-corrected chi connectivity index (χ4v) is 4.30. The van der Waals surface area contributed by atoms with Crippen LogP contribution >= 0.6 is 0 Å². The first-order chi connectivity index (χ1) is 16.0. The van der Waals surface area contributed by atoms with E-state index < -0.39 is 0 Å². The van der Waals surface area contributed by atoms with Crippen molar-refractivity contribution in [2.75, 3.05) is 13.2 Å². The summed E-state index contributed by atoms with van der Waals surface area (Å²) in [6.45, 7) is 3.28. The Morgan fingerprint density at radius 1 is 1.18 bits per heavy atom. The van der Waals surface area contributed by atoms with E-state index in [1.54, 1.807) is 35.9 Å². The topological polar surface area (TPSA) is 92.9 Å². The minimum Gasteiger partial charge on any atom is -0.454 e. The van der Waals surface area contributed by atoms with Gasteiger partial charge in [0.2, 0.25) is 0 Å². The van der Waals surface area contributed by atoms with Crippen molar-refractivity contribution in [3.63, 3.8) is 0 Å². The van der Waals surface area contributed by atoms with Gasteiger partial charge in [0.25, 0.3) is 5.56 Å². The van der Waals surface area contributed by atoms with Gasteiger partial charge in [0.1, 0.15) is 17.1 Å². The Morgan fingerprint density at radius 2 is 1.94 bits per heavy atom. The fraction of sp³-hybridized carbons (Fsp3) is 0.269. The zero-order valence-corrected chi connectivity index (χ0v) is 18.6. The van der Waals surface area contributed by atoms with Crippen molar-refractivity contribution in [3.8, 4) is 28.7 Å². The molecule has 2 aromatic carbocycles. The molecule has 166 valence electrons. The standard InChI is InChI=1S/C26H24N4O3/c1-16-13-19(15-30(2)26(16)31)21-7-8-22-23(29-25(28-22)18-9-11-32-12-10-18)24(21)33-20-5-3-17(14-27)4-6-20/h3-8,13,15,18H,9-12H2,1-2H3,(H,28,29). The molecule has 7 nitrogen and oxygen atoms in total. The highest BCUT2D eigenvalue weighted by Gasteiger charge is 2.22. The number of nitrogens with one attached hydrogen (secondary N) is 1. The van der Waals surface area contributed by atoms with Gasteiger partial charge in [-0.3, -0.25) is 4.79 Å². The molecular weight excluding hydrogens is 416 g/mol. The Labute approximate surface area is 191 Å². The molecule has 0 radical (unpaired) electrons. The Kier molecular flexibility index (Phi) is 5.45. The molecule has 1 fully saturated rings. The second kappa shape index (κ2) is 8.57. The molecule has 0 aliphatic carbocycles. The van der Waals surface area contributed by atoms with Crippen LogP contribution in [0.3, 0.4) is 0 Å². The average molecular weight is 441 g/mol. The predicted octanol–water partition coefficient (Wildman–Crippen LogP) is 4.80. The number of hydrogen-bond acceptors (Lipinski definition) is 5. The van der Waals surface area contributed by atoms with Crippen molar-refractivity contribution < 1.29 is 9.47 Å². The van der Waals surface area contributed by atoms with Gasteiger partial charge in [0.15, 0.2) is 5.75 Å². The average Bonchev–Trinajstić information content (AvgIpc) is 3.28. The largest absolute Gasteiger partial charge is 0.454 e. The number of pyridine rings is 1. The van der Waals surface area contributed by atoms with E-state index in [1.165, 1.54) is 0 Å². The zero-order chi connectivity index (χ0) is 22.9. The first kappa shape index (κ1) is 21.0. The third kappa shape index (κ3) is 4.01. The lowest BCUT2D eigenvalue weighted by Gasteiger charge is -2.19. The molecule has 0 atom stereocenters. The molecule has 1 aliphatic heterocycles. The Balaban J connectivity index is 1.67. The van der Waals surface area contributed by atoms with Crippen LogP contribution in [0, 0.1) is 18.3 Å². The maximum absolute atomic E-state index is 12.3. The lowest BCUT2D eigenvalue weighted by Crippen LogP contribution is -2.18. The van der Waals surface area contributed by atoms with E-state index in [4.69, 9.17) is 19.7 Å². The maximum atomic E-state index is 12.3. The number of ether oxygens (including phenoxy) is 2. The van der Waals surface area contributed by atoms with Gasteiger partial charge in [-0.1, -0.05) is 0 Å². The summed E-state index contributed by atoms with van der Waals surface area (Å²) in [7, 11) is 1.75. The Bertz CT molecular complexity index is 1390. The number of nitrogens with zero attached hydrogens (tertiary/aromatic N) is 3. The van der Waals surface area contributed by atoms with Crippen LogP contribution in [0.4, 0.5) is 0 Å². The number of imidazole rings is 1. The second-order valence-corrected chi connectivity index (χ2v) is 8.41. The van der Waals surface area contributed by atoms with Gasteiger partial charge in [0.05, 0.1) is 17.1 Å². The molecule has 1 N–H and O–H groups in total. The number of H-pyrrole nitrogens is 1. The molecule has 2 aromatic heterocycles. The van der Waals surface area contributed by atoms with Crippen molar-refractivity contribution in [2.24, 2.45) is 7.05 Å². The molecule has 1 aliphatic rings. The number of benzene rings is 2. The van der Waals surface area contributed by atoms with Crippen LogP contribution in [0.1, 0.15) is 35.7 Å². The summed E-state index contributed by atoms with van der Waals surface area (Å²) in [5, 5.41) is 9.11. The van der Waals surface area contributed by atoms with Crippen molar-refractivity contribution in [3.05, 3.63) is 76.0 Å². The number of aromatic nitrogens is 3. The van der Waals surface area contributed by atoms with Crippen LogP contribution in [0.2, 0.25) is 0 Å². The van der Waals surface area contributed by atoms with Gasteiger partial charge in [-0.05, 0) is 62.2 Å². The summed E-state index contributed by atoms with van der Waals surface area (Å²) in [6, 6.07) is 15.0. The first-order valence-corrected chi connectivity index (χ1v) is 11.0. The van der Waals surface area contributed by atoms with Crippen molar-refractivity contribution >= 4 is 11.0 Å². The van der Waals surface area contributed by atoms with Gasteiger partial charge in [-0.2, -0.15) is 5.26 Å². The summed E-state index contributed by atoms with van der Waals surface area (Å²) in [4.78, 5) is 20.7. The summed E-state index contributed by atoms with van der Waals surface area (Å²) >= 11 is 0. The van der Waals surface area contributed by atoms with Crippen LogP contribution in [0.25, 0.3) is 22.2 Å². The van der Waals surface area contributed by atoms with E-state index >= 15 is 0 Å². The molecule has 7 heteroatoms. The summed E-state index contributed by atoms with van der Waals surface area (Å²) in [6.07, 6.45) is 3.67. The predicted molar refractivity (Wildman–Crippen MR) is 126 cm³/mol. The molecule has 5 rings (SSSR count). The highest BCUT2D eigenvalue weighted by molar-refractivity contribution is 5.91. The van der Waals surface area contributed by atoms with Crippen LogP contribution in [0.15, 0.2) is 53.5 Å². The lowest BCUT2D eigenvalue weighted by atomic mass is 10.00. The number of nitriles is 1. The monoisotopic (exact) mass is 440 g/mol. The minimum absolute atomic E-state index is 0.0315. The van der Waals surface area contributed by atoms with E-state index in [9.17, 15) is 4.79 Å². The highest BCUT2D eigenvalue weighted by atomic mass is 16.5. The van der Waals surface area contributed by atoms with Gasteiger partial charge in [-0.15, -0.1) is 0 Å². The summed E-state index contributed by atoms with van der Waals surface area (Å²) in [5.41, 5.74) is 4.54. The van der Waals surface area contributed by atoms with Gasteiger partial charge < -0.3 is 19.0 Å². The lowest BCUT2D eigenvalue weighted by molar-refractivity contribution is 0.0838. The smallest absolute Gasteiger partial charge is 0.253 e.